The summed E-state index contributed by atoms with van der Waals surface area (Å²) in [4.78, 5) is 18.3. The van der Waals surface area contributed by atoms with E-state index in [-0.39, 0.29) is 24.8 Å². The van der Waals surface area contributed by atoms with Gasteiger partial charge in [0.25, 0.3) is 11.8 Å². The van der Waals surface area contributed by atoms with Crippen LogP contribution in [0.5, 0.6) is 0 Å². The van der Waals surface area contributed by atoms with Gasteiger partial charge in [0.15, 0.2) is 0 Å². The summed E-state index contributed by atoms with van der Waals surface area (Å²) >= 11 is 0. The van der Waals surface area contributed by atoms with Gasteiger partial charge in [0.1, 0.15) is 5.71 Å². The van der Waals surface area contributed by atoms with E-state index in [9.17, 15) is 13.6 Å². The molecule has 3 heterocycles. The highest BCUT2D eigenvalue weighted by atomic mass is 19.3. The summed E-state index contributed by atoms with van der Waals surface area (Å²) in [6, 6.07) is 5.84. The number of benzene rings is 1. The van der Waals surface area contributed by atoms with E-state index >= 15 is 0 Å². The van der Waals surface area contributed by atoms with Crippen LogP contribution in [-0.4, -0.2) is 45.3 Å². The standard InChI is InChI=1S/C21H25F2N5O/c1-13-18(15-9-25-27(2)11-15)16-5-4-14(8-17(16)26-19(13)20(24)29)10-28-7-3-6-21(22,23)12-28/h4-5,8-9,11,13,18H,3,6-7,10,12H2,1-2H3,(H2,24,29). The zero-order valence-electron chi connectivity index (χ0n) is 16.6. The van der Waals surface area contributed by atoms with Crippen LogP contribution in [0.25, 0.3) is 0 Å². The van der Waals surface area contributed by atoms with Crippen LogP contribution in [0.3, 0.4) is 0 Å². The van der Waals surface area contributed by atoms with Gasteiger partial charge in [-0.05, 0) is 35.7 Å². The van der Waals surface area contributed by atoms with Gasteiger partial charge in [-0.25, -0.2) is 13.8 Å². The lowest BCUT2D eigenvalue weighted by Crippen LogP contribution is -2.42. The fraction of sp³-hybridized carbons (Fsp3) is 0.476. The topological polar surface area (TPSA) is 76.5 Å². The molecular formula is C21H25F2N5O. The number of nitrogens with zero attached hydrogens (tertiary/aromatic N) is 4. The van der Waals surface area contributed by atoms with Gasteiger partial charge in [0.05, 0.1) is 18.4 Å². The van der Waals surface area contributed by atoms with Crippen molar-refractivity contribution in [2.45, 2.75) is 38.2 Å². The van der Waals surface area contributed by atoms with Crippen LogP contribution in [0.1, 0.15) is 42.4 Å². The van der Waals surface area contributed by atoms with Crippen LogP contribution in [0.4, 0.5) is 14.5 Å². The van der Waals surface area contributed by atoms with Crippen molar-refractivity contribution in [3.05, 3.63) is 47.3 Å². The lowest BCUT2D eigenvalue weighted by Gasteiger charge is -2.33. The number of piperidine rings is 1. The van der Waals surface area contributed by atoms with Crippen molar-refractivity contribution in [2.75, 3.05) is 13.1 Å². The Morgan fingerprint density at radius 1 is 1.38 bits per heavy atom. The number of carbonyl (C=O) groups is 1. The number of amides is 1. The van der Waals surface area contributed by atoms with E-state index in [4.69, 9.17) is 5.73 Å². The number of aryl methyl sites for hydroxylation is 1. The summed E-state index contributed by atoms with van der Waals surface area (Å²) in [6.07, 6.45) is 4.16. The maximum absolute atomic E-state index is 13.7. The van der Waals surface area contributed by atoms with Gasteiger partial charge >= 0.3 is 0 Å². The molecule has 1 amide bonds. The molecule has 1 fully saturated rings. The number of aliphatic imine (C=N–C) groups is 1. The van der Waals surface area contributed by atoms with E-state index in [1.54, 1.807) is 15.8 Å². The first-order valence-electron chi connectivity index (χ1n) is 9.83. The zero-order valence-corrected chi connectivity index (χ0v) is 16.6. The van der Waals surface area contributed by atoms with E-state index in [2.05, 4.69) is 10.1 Å². The normalized spacial score (nSPS) is 24.1. The summed E-state index contributed by atoms with van der Waals surface area (Å²) in [6.45, 7) is 2.79. The van der Waals surface area contributed by atoms with Gasteiger partial charge in [0.2, 0.25) is 0 Å². The van der Waals surface area contributed by atoms with Crippen LogP contribution in [0.2, 0.25) is 0 Å². The fourth-order valence-electron chi connectivity index (χ4n) is 4.49. The average molecular weight is 401 g/mol. The molecule has 0 radical (unpaired) electrons. The number of alkyl halides is 2. The minimum Gasteiger partial charge on any atom is -0.365 e. The third-order valence-corrected chi connectivity index (χ3v) is 5.82. The SMILES string of the molecule is CC1C(C(N)=O)=Nc2cc(CN3CCCC(F)(F)C3)ccc2C1c1cnn(C)c1. The van der Waals surface area contributed by atoms with E-state index in [1.165, 1.54) is 0 Å². The smallest absolute Gasteiger partial charge is 0.263 e. The number of likely N-dealkylation sites (tertiary alicyclic amines) is 1. The van der Waals surface area contributed by atoms with Crippen LogP contribution < -0.4 is 5.73 Å². The molecule has 8 heteroatoms. The van der Waals surface area contributed by atoms with Crippen LogP contribution in [0.15, 0.2) is 35.6 Å². The monoisotopic (exact) mass is 401 g/mol. The molecule has 2 aliphatic rings. The Hall–Kier alpha value is -2.61. The second kappa shape index (κ2) is 7.33. The van der Waals surface area contributed by atoms with E-state index in [1.807, 2.05) is 38.4 Å². The molecule has 0 aliphatic carbocycles. The molecule has 154 valence electrons. The van der Waals surface area contributed by atoms with Gasteiger partial charge in [0, 0.05) is 38.0 Å². The largest absolute Gasteiger partial charge is 0.365 e. The van der Waals surface area contributed by atoms with Gasteiger partial charge in [-0.2, -0.15) is 5.10 Å². The number of nitrogens with two attached hydrogens (primary N) is 1. The summed E-state index contributed by atoms with van der Waals surface area (Å²) in [5, 5.41) is 4.26. The Labute approximate surface area is 168 Å². The summed E-state index contributed by atoms with van der Waals surface area (Å²) in [5.41, 5.74) is 9.47. The highest BCUT2D eigenvalue weighted by molar-refractivity contribution is 6.40. The summed E-state index contributed by atoms with van der Waals surface area (Å²) in [7, 11) is 1.85. The van der Waals surface area contributed by atoms with Crippen molar-refractivity contribution in [2.24, 2.45) is 23.7 Å². The second-order valence-corrected chi connectivity index (χ2v) is 8.14. The van der Waals surface area contributed by atoms with Crippen LogP contribution >= 0.6 is 0 Å². The van der Waals surface area contributed by atoms with E-state index < -0.39 is 11.8 Å². The maximum atomic E-state index is 13.7. The third kappa shape index (κ3) is 3.94. The van der Waals surface area contributed by atoms with E-state index in [0.717, 1.165) is 16.7 Å². The first kappa shape index (κ1) is 19.7. The molecule has 2 unspecified atom stereocenters. The molecule has 2 atom stereocenters. The second-order valence-electron chi connectivity index (χ2n) is 8.14. The molecule has 2 aromatic rings. The third-order valence-electron chi connectivity index (χ3n) is 5.82. The van der Waals surface area contributed by atoms with Crippen molar-refractivity contribution in [3.8, 4) is 0 Å². The predicted molar refractivity (Wildman–Crippen MR) is 106 cm³/mol. The zero-order chi connectivity index (χ0) is 20.8. The molecule has 1 aromatic carbocycles. The van der Waals surface area contributed by atoms with Crippen LogP contribution in [-0.2, 0) is 18.4 Å². The average Bonchev–Trinajstić information content (AvgIpc) is 3.06. The summed E-state index contributed by atoms with van der Waals surface area (Å²) < 4.78 is 29.2. The highest BCUT2D eigenvalue weighted by Crippen LogP contribution is 2.42. The Morgan fingerprint density at radius 3 is 2.83 bits per heavy atom. The van der Waals surface area contributed by atoms with Crippen LogP contribution in [0, 0.1) is 5.92 Å². The van der Waals surface area contributed by atoms with Crippen molar-refractivity contribution >= 4 is 17.3 Å². The number of carbonyl (C=O) groups excluding carboxylic acids is 1. The molecule has 0 bridgehead atoms. The Morgan fingerprint density at radius 2 is 2.17 bits per heavy atom. The lowest BCUT2D eigenvalue weighted by atomic mass is 9.77. The Kier molecular flexibility index (Phi) is 4.98. The van der Waals surface area contributed by atoms with Crippen molar-refractivity contribution < 1.29 is 13.6 Å². The van der Waals surface area contributed by atoms with E-state index in [0.29, 0.717) is 30.9 Å². The minimum atomic E-state index is -2.63. The predicted octanol–water partition coefficient (Wildman–Crippen LogP) is 2.99. The first-order chi connectivity index (χ1) is 13.7. The van der Waals surface area contributed by atoms with Crippen molar-refractivity contribution in [1.29, 1.82) is 0 Å². The molecule has 0 spiro atoms. The number of fused-ring (bicyclic) bond motifs is 1. The Balaban J connectivity index is 1.68. The molecule has 4 rings (SSSR count). The van der Waals surface area contributed by atoms with Gasteiger partial charge in [-0.3, -0.25) is 14.4 Å². The molecule has 1 saturated heterocycles. The summed E-state index contributed by atoms with van der Waals surface area (Å²) in [5.74, 6) is -3.45. The quantitative estimate of drug-likeness (QED) is 0.856. The number of hydrogen-bond donors (Lipinski definition) is 1. The number of hydrogen-bond acceptors (Lipinski definition) is 4. The Bertz CT molecular complexity index is 968. The van der Waals surface area contributed by atoms with Gasteiger partial charge < -0.3 is 5.73 Å². The van der Waals surface area contributed by atoms with Crippen molar-refractivity contribution in [3.63, 3.8) is 0 Å². The number of halogens is 2. The molecule has 1 aromatic heterocycles. The minimum absolute atomic E-state index is 0.0510. The highest BCUT2D eigenvalue weighted by Gasteiger charge is 2.36. The number of aromatic nitrogens is 2. The number of primary amides is 1. The lowest BCUT2D eigenvalue weighted by molar-refractivity contribution is -0.112. The molecule has 2 aliphatic heterocycles. The number of rotatable bonds is 4. The fourth-order valence-corrected chi connectivity index (χ4v) is 4.49. The first-order valence-corrected chi connectivity index (χ1v) is 9.83. The van der Waals surface area contributed by atoms with Crippen molar-refractivity contribution in [1.82, 2.24) is 14.7 Å². The molecular weight excluding hydrogens is 376 g/mol. The van der Waals surface area contributed by atoms with Gasteiger partial charge in [-0.1, -0.05) is 19.1 Å². The molecule has 2 N–H and O–H groups in total. The molecule has 29 heavy (non-hydrogen) atoms. The maximum Gasteiger partial charge on any atom is 0.263 e. The van der Waals surface area contributed by atoms with Gasteiger partial charge in [-0.15, -0.1) is 0 Å². The molecule has 6 nitrogen and oxygen atoms in total. The molecule has 0 saturated carbocycles.